The smallest absolute Gasteiger partial charge is 0.220 e. The Morgan fingerprint density at radius 3 is 2.31 bits per heavy atom. The fourth-order valence-electron chi connectivity index (χ4n) is 7.42. The van der Waals surface area contributed by atoms with Crippen molar-refractivity contribution in [1.82, 2.24) is 10.6 Å². The van der Waals surface area contributed by atoms with Gasteiger partial charge in [-0.2, -0.15) is 0 Å². The van der Waals surface area contributed by atoms with Crippen LogP contribution in [0.1, 0.15) is 112 Å². The minimum atomic E-state index is -2.35. The monoisotopic (exact) mass is 818 g/mol. The van der Waals surface area contributed by atoms with E-state index in [1.807, 2.05) is 0 Å². The summed E-state index contributed by atoms with van der Waals surface area (Å²) < 4.78 is 28.4. The molecule has 0 spiro atoms. The molecule has 0 radical (unpaired) electrons. The van der Waals surface area contributed by atoms with Crippen molar-refractivity contribution in [3.05, 3.63) is 51.6 Å². The van der Waals surface area contributed by atoms with Gasteiger partial charge in [-0.1, -0.05) is 32.9 Å². The highest BCUT2D eigenvalue weighted by atomic mass is 16.7. The van der Waals surface area contributed by atoms with Gasteiger partial charge in [-0.15, -0.1) is 0 Å². The lowest BCUT2D eigenvalue weighted by molar-refractivity contribution is -0.249. The fourth-order valence-corrected chi connectivity index (χ4v) is 7.42. The van der Waals surface area contributed by atoms with Gasteiger partial charge in [-0.25, -0.2) is 0 Å². The van der Waals surface area contributed by atoms with Gasteiger partial charge < -0.3 is 59.9 Å². The molecule has 17 nitrogen and oxygen atoms in total. The molecule has 1 aliphatic heterocycles. The summed E-state index contributed by atoms with van der Waals surface area (Å²) >= 11 is 0. The maximum absolute atomic E-state index is 13.9. The molecule has 6 atom stereocenters. The van der Waals surface area contributed by atoms with E-state index in [9.17, 15) is 49.5 Å². The van der Waals surface area contributed by atoms with Crippen LogP contribution in [-0.4, -0.2) is 132 Å². The quantitative estimate of drug-likeness (QED) is 0.0760. The summed E-state index contributed by atoms with van der Waals surface area (Å²) in [5.41, 5.74) is -3.93. The number of carbonyl (C=O) groups excluding carboxylic acids is 5. The van der Waals surface area contributed by atoms with Crippen LogP contribution in [0, 0.1) is 5.41 Å². The van der Waals surface area contributed by atoms with E-state index in [0.29, 0.717) is 19.8 Å². The van der Waals surface area contributed by atoms with Crippen molar-refractivity contribution in [2.45, 2.75) is 102 Å². The van der Waals surface area contributed by atoms with Gasteiger partial charge >= 0.3 is 0 Å². The van der Waals surface area contributed by atoms with E-state index < -0.39 is 102 Å². The van der Waals surface area contributed by atoms with E-state index in [2.05, 4.69) is 31.4 Å². The number of phenols is 2. The van der Waals surface area contributed by atoms with Crippen molar-refractivity contribution in [2.75, 3.05) is 46.7 Å². The third kappa shape index (κ3) is 9.85. The van der Waals surface area contributed by atoms with Crippen molar-refractivity contribution in [1.29, 1.82) is 0 Å². The minimum Gasteiger partial charge on any atom is -0.507 e. The number of hydrogen-bond acceptors (Lipinski definition) is 15. The van der Waals surface area contributed by atoms with Crippen molar-refractivity contribution < 1.29 is 76.0 Å². The number of aliphatic hydroxyl groups is 3. The maximum Gasteiger partial charge on any atom is 0.220 e. The number of ether oxygens (including phenoxy) is 5. The van der Waals surface area contributed by atoms with E-state index >= 15 is 0 Å². The Balaban J connectivity index is 0.00000480. The van der Waals surface area contributed by atoms with E-state index in [1.54, 1.807) is 0 Å². The topological polar surface area (TPSA) is 257 Å². The number of ketones is 3. The molecule has 2 aromatic rings. The first-order valence-corrected chi connectivity index (χ1v) is 19.3. The number of carbonyl (C=O) groups is 5. The Morgan fingerprint density at radius 2 is 1.64 bits per heavy atom. The third-order valence-electron chi connectivity index (χ3n) is 10.6. The Morgan fingerprint density at radius 1 is 0.966 bits per heavy atom. The largest absolute Gasteiger partial charge is 0.507 e. The summed E-state index contributed by atoms with van der Waals surface area (Å²) in [6, 6.07) is 3.34. The number of amides is 2. The van der Waals surface area contributed by atoms with Crippen molar-refractivity contribution >= 4 is 29.2 Å². The molecule has 1 heterocycles. The number of fused-ring (bicyclic) bond motifs is 3. The van der Waals surface area contributed by atoms with Crippen LogP contribution in [0.4, 0.5) is 0 Å². The molecular formula is C41H58N2O15. The third-order valence-corrected chi connectivity index (χ3v) is 10.6. The molecule has 2 amide bonds. The molecule has 0 bridgehead atoms. The number of nitrogens with one attached hydrogen (secondary N) is 2. The standard InChI is InChI=1S/C41H54N2O15.2H2/c1-21-35(48)24(43-29(47)10-9-28(46)42-12-14-56-16-15-55-13-11-40(2,3)4)17-30(57-21)58-26-19-41(53,27(45)20-44)18-23-32(26)39(52)34-33(37(23)50)36(49)22-7-6-8-25(54-5)31(22)38(34)51;;/h6-8,21,24,26,30,35,44,48,50,52-53H,9-20H2,1-5H3,(H,42,46)(H,43,47);2*1H/t21-,24-,26-,30?,35+,41-;;/m0../s1. The highest BCUT2D eigenvalue weighted by molar-refractivity contribution is 6.31. The van der Waals surface area contributed by atoms with E-state index in [0.717, 1.165) is 6.42 Å². The second kappa shape index (κ2) is 18.6. The SMILES string of the molecule is COc1cccc2c1C(=O)c1c(O)c3c(c(O)c1C2=O)C[C@@](O)(C(=O)CO)C[C@@H]3OC1C[C@H](NC(=O)CCC(=O)NCCOCCOCCC(C)(C)C)[C@H](O)[C@H](C)O1.[HH].[HH]. The van der Waals surface area contributed by atoms with Gasteiger partial charge in [0.1, 0.15) is 35.6 Å². The summed E-state index contributed by atoms with van der Waals surface area (Å²) in [5.74, 6) is -5.05. The molecule has 17 heteroatoms. The number of phenolic OH excluding ortho intramolecular Hbond substituents is 2. The van der Waals surface area contributed by atoms with Crippen LogP contribution in [-0.2, 0) is 39.8 Å². The van der Waals surface area contributed by atoms with E-state index in [1.165, 1.54) is 32.2 Å². The van der Waals surface area contributed by atoms with Crippen LogP contribution in [0.3, 0.4) is 0 Å². The molecule has 5 rings (SSSR count). The summed E-state index contributed by atoms with van der Waals surface area (Å²) in [4.78, 5) is 65.9. The zero-order valence-corrected chi connectivity index (χ0v) is 33.4. The Bertz CT molecular complexity index is 1900. The van der Waals surface area contributed by atoms with Crippen molar-refractivity contribution in [3.63, 3.8) is 0 Å². The zero-order chi connectivity index (χ0) is 42.5. The van der Waals surface area contributed by atoms with Gasteiger partial charge in [0.2, 0.25) is 17.6 Å². The first-order chi connectivity index (χ1) is 27.4. The Kier molecular flexibility index (Phi) is 14.3. The van der Waals surface area contributed by atoms with Crippen LogP contribution >= 0.6 is 0 Å². The van der Waals surface area contributed by atoms with Gasteiger partial charge in [-0.3, -0.25) is 24.0 Å². The Hall–Kier alpha value is -4.49. The number of rotatable bonds is 17. The molecule has 322 valence electrons. The number of benzene rings is 2. The number of hydrogen-bond donors (Lipinski definition) is 7. The molecule has 3 aliphatic rings. The first-order valence-electron chi connectivity index (χ1n) is 19.3. The van der Waals surface area contributed by atoms with Crippen LogP contribution in [0.25, 0.3) is 0 Å². The lowest BCUT2D eigenvalue weighted by Gasteiger charge is -2.43. The molecule has 0 aromatic heterocycles. The van der Waals surface area contributed by atoms with Crippen LogP contribution in [0.5, 0.6) is 17.2 Å². The number of Topliss-reactive ketones (excluding diaryl/α,β-unsaturated/α-hetero) is 1. The van der Waals surface area contributed by atoms with Gasteiger partial charge in [0.15, 0.2) is 17.9 Å². The molecular weight excluding hydrogens is 760 g/mol. The summed E-state index contributed by atoms with van der Waals surface area (Å²) in [7, 11) is 1.30. The van der Waals surface area contributed by atoms with Gasteiger partial charge in [-0.05, 0) is 24.8 Å². The Labute approximate surface area is 338 Å². The van der Waals surface area contributed by atoms with Gasteiger partial charge in [0, 0.05) is 64.8 Å². The fraction of sp³-hybridized carbons (Fsp3) is 0.585. The molecule has 2 aromatic carbocycles. The maximum atomic E-state index is 13.9. The molecule has 0 saturated carbocycles. The number of aliphatic hydroxyl groups excluding tert-OH is 2. The number of aromatic hydroxyl groups is 2. The van der Waals surface area contributed by atoms with Gasteiger partial charge in [0.05, 0.1) is 61.9 Å². The molecule has 1 saturated heterocycles. The average Bonchev–Trinajstić information content (AvgIpc) is 3.17. The van der Waals surface area contributed by atoms with E-state index in [4.69, 9.17) is 23.7 Å². The summed E-state index contributed by atoms with van der Waals surface area (Å²) in [6.45, 7) is 8.79. The lowest BCUT2D eigenvalue weighted by Crippen LogP contribution is -2.56. The predicted molar refractivity (Wildman–Crippen MR) is 208 cm³/mol. The van der Waals surface area contributed by atoms with E-state index in [-0.39, 0.29) is 74.6 Å². The highest BCUT2D eigenvalue weighted by Crippen LogP contribution is 2.52. The predicted octanol–water partition coefficient (Wildman–Crippen LogP) is 2.02. The molecule has 7 N–H and O–H groups in total. The van der Waals surface area contributed by atoms with Crippen molar-refractivity contribution in [3.8, 4) is 17.2 Å². The molecule has 58 heavy (non-hydrogen) atoms. The molecule has 1 fully saturated rings. The van der Waals surface area contributed by atoms with Crippen LogP contribution in [0.15, 0.2) is 18.2 Å². The highest BCUT2D eigenvalue weighted by Gasteiger charge is 2.50. The second-order valence-electron chi connectivity index (χ2n) is 16.1. The lowest BCUT2D eigenvalue weighted by atomic mass is 9.72. The van der Waals surface area contributed by atoms with Gasteiger partial charge in [0.25, 0.3) is 0 Å². The summed E-state index contributed by atoms with van der Waals surface area (Å²) in [5, 5.41) is 60.9. The zero-order valence-electron chi connectivity index (χ0n) is 33.4. The average molecular weight is 819 g/mol. The first kappa shape index (κ1) is 44.6. The number of methoxy groups -OCH3 is 1. The van der Waals surface area contributed by atoms with Crippen LogP contribution in [0.2, 0.25) is 0 Å². The molecule has 1 unspecified atom stereocenters. The normalized spacial score (nSPS) is 24.0. The van der Waals surface area contributed by atoms with Crippen molar-refractivity contribution in [2.24, 2.45) is 5.41 Å². The molecule has 2 aliphatic carbocycles. The van der Waals surface area contributed by atoms with Crippen LogP contribution < -0.4 is 15.4 Å². The summed E-state index contributed by atoms with van der Waals surface area (Å²) in [6.07, 6.45) is -5.74. The second-order valence-corrected chi connectivity index (χ2v) is 16.1. The minimum absolute atomic E-state index is 0.